The number of carbonyl (C=O) groups excluding carboxylic acids is 1. The highest BCUT2D eigenvalue weighted by molar-refractivity contribution is 6.03. The minimum absolute atomic E-state index is 0.0283. The Labute approximate surface area is 142 Å². The summed E-state index contributed by atoms with van der Waals surface area (Å²) in [6.07, 6.45) is 8.15. The monoisotopic (exact) mass is 324 g/mol. The van der Waals surface area contributed by atoms with Crippen molar-refractivity contribution in [2.45, 2.75) is 51.0 Å². The average Bonchev–Trinajstić information content (AvgIpc) is 3.03. The molecule has 0 bridgehead atoms. The van der Waals surface area contributed by atoms with Crippen molar-refractivity contribution < 1.29 is 9.53 Å². The van der Waals surface area contributed by atoms with Crippen LogP contribution in [0.5, 0.6) is 0 Å². The van der Waals surface area contributed by atoms with Gasteiger partial charge in [-0.05, 0) is 44.7 Å². The Morgan fingerprint density at radius 2 is 2.08 bits per heavy atom. The van der Waals surface area contributed by atoms with E-state index in [9.17, 15) is 4.79 Å². The molecule has 4 heteroatoms. The van der Waals surface area contributed by atoms with Crippen LogP contribution in [0.15, 0.2) is 30.5 Å². The number of hydrogen-bond donors (Lipinski definition) is 1. The number of aromatic nitrogens is 1. The number of carbonyl (C=O) groups is 1. The van der Waals surface area contributed by atoms with Crippen LogP contribution in [0.2, 0.25) is 0 Å². The molecule has 2 fully saturated rings. The van der Waals surface area contributed by atoms with Gasteiger partial charge in [-0.1, -0.05) is 25.0 Å². The van der Waals surface area contributed by atoms with Crippen molar-refractivity contribution in [2.75, 3.05) is 11.9 Å². The molecule has 1 N–H and O–H groups in total. The molecule has 1 saturated carbocycles. The largest absolute Gasteiger partial charge is 0.375 e. The lowest BCUT2D eigenvalue weighted by Crippen LogP contribution is -2.41. The highest BCUT2D eigenvalue weighted by atomic mass is 16.5. The van der Waals surface area contributed by atoms with Gasteiger partial charge in [-0.2, -0.15) is 0 Å². The third-order valence-electron chi connectivity index (χ3n) is 5.64. The molecule has 1 atom stereocenters. The summed E-state index contributed by atoms with van der Waals surface area (Å²) in [6, 6.07) is 7.98. The summed E-state index contributed by atoms with van der Waals surface area (Å²) in [7, 11) is 0. The third-order valence-corrected chi connectivity index (χ3v) is 5.64. The minimum Gasteiger partial charge on any atom is -0.375 e. The van der Waals surface area contributed by atoms with Gasteiger partial charge in [-0.25, -0.2) is 0 Å². The van der Waals surface area contributed by atoms with Crippen molar-refractivity contribution in [1.82, 2.24) is 4.98 Å². The first kappa shape index (κ1) is 15.6. The predicted octanol–water partition coefficient (Wildman–Crippen LogP) is 4.22. The zero-order valence-corrected chi connectivity index (χ0v) is 14.2. The number of aryl methyl sites for hydroxylation is 1. The van der Waals surface area contributed by atoms with Crippen molar-refractivity contribution in [3.8, 4) is 0 Å². The van der Waals surface area contributed by atoms with Gasteiger partial charge in [-0.15, -0.1) is 0 Å². The third kappa shape index (κ3) is 2.80. The topological polar surface area (TPSA) is 51.2 Å². The Morgan fingerprint density at radius 3 is 2.92 bits per heavy atom. The quantitative estimate of drug-likeness (QED) is 0.900. The molecule has 2 heterocycles. The molecule has 4 nitrogen and oxygen atoms in total. The summed E-state index contributed by atoms with van der Waals surface area (Å²) in [5, 5.41) is 5.31. The number of fused-ring (bicyclic) bond motifs is 1. The lowest BCUT2D eigenvalue weighted by Gasteiger charge is -2.37. The molecule has 4 rings (SSSR count). The highest BCUT2D eigenvalue weighted by Gasteiger charge is 2.41. The van der Waals surface area contributed by atoms with E-state index in [1.807, 2.05) is 25.1 Å². The van der Waals surface area contributed by atoms with Crippen LogP contribution in [0.4, 0.5) is 5.69 Å². The summed E-state index contributed by atoms with van der Waals surface area (Å²) in [5.74, 6) is 0.182. The molecule has 1 aromatic carbocycles. The fourth-order valence-corrected chi connectivity index (χ4v) is 4.32. The van der Waals surface area contributed by atoms with Crippen molar-refractivity contribution in [3.63, 3.8) is 0 Å². The zero-order valence-electron chi connectivity index (χ0n) is 14.2. The lowest BCUT2D eigenvalue weighted by atomic mass is 9.84. The predicted molar refractivity (Wildman–Crippen MR) is 95.0 cm³/mol. The van der Waals surface area contributed by atoms with Crippen LogP contribution in [0.25, 0.3) is 10.8 Å². The molecule has 1 aromatic heterocycles. The normalized spacial score (nSPS) is 22.8. The molecular formula is C20H24N2O2. The van der Waals surface area contributed by atoms with E-state index in [-0.39, 0.29) is 17.4 Å². The number of anilines is 1. The first-order chi connectivity index (χ1) is 11.7. The van der Waals surface area contributed by atoms with E-state index in [4.69, 9.17) is 4.74 Å². The maximum Gasteiger partial charge on any atom is 0.227 e. The molecule has 1 saturated heterocycles. The van der Waals surface area contributed by atoms with Crippen molar-refractivity contribution in [1.29, 1.82) is 0 Å². The summed E-state index contributed by atoms with van der Waals surface area (Å²) < 4.78 is 6.05. The van der Waals surface area contributed by atoms with E-state index in [0.29, 0.717) is 6.61 Å². The van der Waals surface area contributed by atoms with E-state index in [0.717, 1.165) is 47.8 Å². The summed E-state index contributed by atoms with van der Waals surface area (Å²) in [6.45, 7) is 2.70. The van der Waals surface area contributed by atoms with E-state index in [1.54, 1.807) is 6.20 Å². The maximum atomic E-state index is 12.9. The molecule has 2 aliphatic rings. The summed E-state index contributed by atoms with van der Waals surface area (Å²) >= 11 is 0. The highest BCUT2D eigenvalue weighted by Crippen LogP contribution is 2.42. The smallest absolute Gasteiger partial charge is 0.227 e. The molecule has 2 aromatic rings. The van der Waals surface area contributed by atoms with Crippen LogP contribution in [0, 0.1) is 12.8 Å². The molecule has 0 radical (unpaired) electrons. The van der Waals surface area contributed by atoms with Gasteiger partial charge < -0.3 is 10.1 Å². The Hall–Kier alpha value is -1.94. The van der Waals surface area contributed by atoms with Gasteiger partial charge in [0.15, 0.2) is 0 Å². The van der Waals surface area contributed by atoms with Crippen molar-refractivity contribution in [2.24, 2.45) is 5.92 Å². The number of benzene rings is 1. The number of rotatable bonds is 2. The lowest BCUT2D eigenvalue weighted by molar-refractivity contribution is -0.133. The fraction of sp³-hybridized carbons (Fsp3) is 0.500. The zero-order chi connectivity index (χ0) is 16.6. The second-order valence-electron chi connectivity index (χ2n) is 7.21. The van der Waals surface area contributed by atoms with Gasteiger partial charge in [0.2, 0.25) is 5.91 Å². The summed E-state index contributed by atoms with van der Waals surface area (Å²) in [4.78, 5) is 17.2. The molecular weight excluding hydrogens is 300 g/mol. The Morgan fingerprint density at radius 1 is 1.25 bits per heavy atom. The Kier molecular flexibility index (Phi) is 4.01. The van der Waals surface area contributed by atoms with Crippen LogP contribution in [-0.2, 0) is 9.53 Å². The van der Waals surface area contributed by atoms with Crippen LogP contribution >= 0.6 is 0 Å². The van der Waals surface area contributed by atoms with Crippen molar-refractivity contribution >= 4 is 22.4 Å². The van der Waals surface area contributed by atoms with E-state index < -0.39 is 0 Å². The van der Waals surface area contributed by atoms with Gasteiger partial charge in [0.25, 0.3) is 0 Å². The van der Waals surface area contributed by atoms with Crippen LogP contribution in [0.1, 0.15) is 44.2 Å². The van der Waals surface area contributed by atoms with Crippen LogP contribution < -0.4 is 5.32 Å². The van der Waals surface area contributed by atoms with Crippen molar-refractivity contribution in [3.05, 3.63) is 36.2 Å². The maximum absolute atomic E-state index is 12.9. The van der Waals surface area contributed by atoms with Gasteiger partial charge in [0.05, 0.1) is 5.60 Å². The second-order valence-corrected chi connectivity index (χ2v) is 7.21. The van der Waals surface area contributed by atoms with Gasteiger partial charge >= 0.3 is 0 Å². The van der Waals surface area contributed by atoms with E-state index in [2.05, 4.69) is 16.4 Å². The minimum atomic E-state index is -0.0283. The van der Waals surface area contributed by atoms with Gasteiger partial charge in [-0.3, -0.25) is 9.78 Å². The molecule has 1 amide bonds. The van der Waals surface area contributed by atoms with E-state index in [1.165, 1.54) is 12.8 Å². The first-order valence-corrected chi connectivity index (χ1v) is 8.96. The number of ether oxygens (including phenoxy) is 1. The summed E-state index contributed by atoms with van der Waals surface area (Å²) in [5.41, 5.74) is 1.84. The molecule has 126 valence electrons. The number of hydrogen-bond acceptors (Lipinski definition) is 3. The number of nitrogens with one attached hydrogen (secondary N) is 1. The molecule has 1 unspecified atom stereocenters. The van der Waals surface area contributed by atoms with Crippen LogP contribution in [0.3, 0.4) is 0 Å². The van der Waals surface area contributed by atoms with Gasteiger partial charge in [0.1, 0.15) is 0 Å². The van der Waals surface area contributed by atoms with E-state index >= 15 is 0 Å². The number of pyridine rings is 1. The first-order valence-electron chi connectivity index (χ1n) is 8.96. The Bertz CT molecular complexity index is 765. The molecule has 1 aliphatic carbocycles. The number of amides is 1. The second kappa shape index (κ2) is 6.17. The standard InChI is InChI=1S/C20H24N2O2/c1-14-16-5-4-6-18(17(16)7-11-21-14)22-19(23)15-8-12-24-20(13-15)9-2-3-10-20/h4-7,11,15H,2-3,8-10,12-13H2,1H3,(H,22,23). The molecule has 1 spiro atoms. The van der Waals surface area contributed by atoms with Gasteiger partial charge in [0, 0.05) is 40.9 Å². The van der Waals surface area contributed by atoms with Crippen LogP contribution in [-0.4, -0.2) is 23.1 Å². The Balaban J connectivity index is 1.55. The SMILES string of the molecule is Cc1nccc2c(NC(=O)C3CCOC4(CCCC4)C3)cccc12. The molecule has 1 aliphatic heterocycles. The molecule has 24 heavy (non-hydrogen) atoms. The average molecular weight is 324 g/mol. The number of nitrogens with zero attached hydrogens (tertiary/aromatic N) is 1. The fourth-order valence-electron chi connectivity index (χ4n) is 4.32.